The van der Waals surface area contributed by atoms with Crippen LogP contribution in [0.25, 0.3) is 0 Å². The number of thiophene rings is 1. The predicted octanol–water partition coefficient (Wildman–Crippen LogP) is 4.51. The van der Waals surface area contributed by atoms with Crippen molar-refractivity contribution in [2.24, 2.45) is 5.73 Å². The molecule has 1 nitrogen and oxygen atoms in total. The summed E-state index contributed by atoms with van der Waals surface area (Å²) < 4.78 is 13.5. The highest BCUT2D eigenvalue weighted by atomic mass is 32.1. The molecule has 3 rings (SSSR count). The molecule has 0 saturated heterocycles. The first-order valence-electron chi connectivity index (χ1n) is 7.27. The van der Waals surface area contributed by atoms with Crippen molar-refractivity contribution in [3.8, 4) is 0 Å². The second-order valence-electron chi connectivity index (χ2n) is 5.70. The van der Waals surface area contributed by atoms with Crippen LogP contribution in [0.5, 0.6) is 0 Å². The summed E-state index contributed by atoms with van der Waals surface area (Å²) in [4.78, 5) is 2.66. The van der Waals surface area contributed by atoms with Crippen LogP contribution in [-0.2, 0) is 12.8 Å². The fourth-order valence-electron chi connectivity index (χ4n) is 2.95. The van der Waals surface area contributed by atoms with E-state index in [-0.39, 0.29) is 11.9 Å². The fraction of sp³-hybridized carbons (Fsp3) is 0.412. The third-order valence-corrected chi connectivity index (χ3v) is 5.32. The Labute approximate surface area is 123 Å². The van der Waals surface area contributed by atoms with Gasteiger partial charge in [0, 0.05) is 9.75 Å². The average Bonchev–Trinajstić information content (AvgIpc) is 2.68. The molecule has 0 bridgehead atoms. The van der Waals surface area contributed by atoms with Crippen LogP contribution in [0.3, 0.4) is 0 Å². The van der Waals surface area contributed by atoms with E-state index < -0.39 is 0 Å². The molecule has 1 aromatic heterocycles. The van der Waals surface area contributed by atoms with Crippen molar-refractivity contribution in [3.63, 3.8) is 0 Å². The lowest BCUT2D eigenvalue weighted by Gasteiger charge is -2.11. The van der Waals surface area contributed by atoms with E-state index >= 15 is 0 Å². The van der Waals surface area contributed by atoms with Crippen LogP contribution in [-0.4, -0.2) is 0 Å². The molecule has 106 valence electrons. The van der Waals surface area contributed by atoms with Crippen LogP contribution in [0, 0.1) is 12.7 Å². The zero-order valence-electron chi connectivity index (χ0n) is 11.8. The number of nitrogens with two attached hydrogens (primary N) is 1. The normalized spacial score (nSPS) is 16.6. The van der Waals surface area contributed by atoms with Gasteiger partial charge >= 0.3 is 0 Å². The van der Waals surface area contributed by atoms with Gasteiger partial charge in [0.1, 0.15) is 5.82 Å². The Hall–Kier alpha value is -1.19. The molecule has 2 aromatic rings. The summed E-state index contributed by atoms with van der Waals surface area (Å²) in [5.41, 5.74) is 9.61. The summed E-state index contributed by atoms with van der Waals surface area (Å²) in [6, 6.07) is 7.12. The van der Waals surface area contributed by atoms with E-state index in [0.29, 0.717) is 0 Å². The molecule has 0 fully saturated rings. The first kappa shape index (κ1) is 13.8. The maximum absolute atomic E-state index is 13.5. The minimum Gasteiger partial charge on any atom is -0.320 e. The van der Waals surface area contributed by atoms with Gasteiger partial charge in [-0.3, -0.25) is 0 Å². The lowest BCUT2D eigenvalue weighted by atomic mass is 10.0. The van der Waals surface area contributed by atoms with Gasteiger partial charge in [-0.05, 0) is 67.5 Å². The van der Waals surface area contributed by atoms with Gasteiger partial charge in [0.25, 0.3) is 0 Å². The Kier molecular flexibility index (Phi) is 3.90. The summed E-state index contributed by atoms with van der Waals surface area (Å²) in [6.45, 7) is 1.91. The van der Waals surface area contributed by atoms with Crippen molar-refractivity contribution in [2.75, 3.05) is 0 Å². The molecule has 2 N–H and O–H groups in total. The summed E-state index contributed by atoms with van der Waals surface area (Å²) in [6.07, 6.45) is 6.22. The Balaban J connectivity index is 1.92. The Morgan fingerprint density at radius 2 is 1.90 bits per heavy atom. The van der Waals surface area contributed by atoms with Gasteiger partial charge in [-0.1, -0.05) is 12.5 Å². The number of halogens is 1. The quantitative estimate of drug-likeness (QED) is 0.809. The third kappa shape index (κ3) is 2.79. The van der Waals surface area contributed by atoms with Crippen LogP contribution in [0.1, 0.15) is 51.7 Å². The summed E-state index contributed by atoms with van der Waals surface area (Å²) >= 11 is 1.82. The lowest BCUT2D eigenvalue weighted by molar-refractivity contribution is 0.622. The van der Waals surface area contributed by atoms with Gasteiger partial charge in [0.15, 0.2) is 0 Å². The number of rotatable bonds is 2. The predicted molar refractivity (Wildman–Crippen MR) is 82.7 cm³/mol. The maximum atomic E-state index is 13.5. The average molecular weight is 289 g/mol. The molecule has 20 heavy (non-hydrogen) atoms. The molecular formula is C17H20FNS. The molecule has 0 radical (unpaired) electrons. The Morgan fingerprint density at radius 3 is 2.70 bits per heavy atom. The maximum Gasteiger partial charge on any atom is 0.123 e. The van der Waals surface area contributed by atoms with E-state index in [1.54, 1.807) is 12.1 Å². The number of aryl methyl sites for hydroxylation is 3. The first-order chi connectivity index (χ1) is 9.63. The molecule has 0 aliphatic heterocycles. The minimum atomic E-state index is -0.207. The van der Waals surface area contributed by atoms with E-state index in [1.165, 1.54) is 47.4 Å². The van der Waals surface area contributed by atoms with E-state index in [9.17, 15) is 4.39 Å². The van der Waals surface area contributed by atoms with Crippen LogP contribution in [0.2, 0.25) is 0 Å². The molecule has 0 spiro atoms. The molecule has 0 saturated carbocycles. The van der Waals surface area contributed by atoms with Gasteiger partial charge in [0.2, 0.25) is 0 Å². The van der Waals surface area contributed by atoms with Crippen molar-refractivity contribution in [3.05, 3.63) is 56.5 Å². The molecule has 1 aliphatic carbocycles. The Bertz CT molecular complexity index is 574. The number of benzene rings is 1. The smallest absolute Gasteiger partial charge is 0.123 e. The van der Waals surface area contributed by atoms with Crippen LogP contribution >= 0.6 is 11.3 Å². The number of fused-ring (bicyclic) bond motifs is 1. The number of hydrogen-bond donors (Lipinski definition) is 1. The summed E-state index contributed by atoms with van der Waals surface area (Å²) in [5, 5.41) is 0. The molecule has 1 aliphatic rings. The van der Waals surface area contributed by atoms with E-state index in [1.807, 2.05) is 24.3 Å². The van der Waals surface area contributed by atoms with Gasteiger partial charge in [0.05, 0.1) is 6.04 Å². The fourth-order valence-corrected chi connectivity index (χ4v) is 4.24. The van der Waals surface area contributed by atoms with Gasteiger partial charge < -0.3 is 5.73 Å². The second-order valence-corrected chi connectivity index (χ2v) is 6.87. The van der Waals surface area contributed by atoms with Crippen LogP contribution in [0.15, 0.2) is 24.3 Å². The number of hydrogen-bond acceptors (Lipinski definition) is 2. The van der Waals surface area contributed by atoms with E-state index in [0.717, 1.165) is 11.1 Å². The van der Waals surface area contributed by atoms with E-state index in [4.69, 9.17) is 5.73 Å². The van der Waals surface area contributed by atoms with Gasteiger partial charge in [-0.2, -0.15) is 0 Å². The third-order valence-electron chi connectivity index (χ3n) is 4.00. The van der Waals surface area contributed by atoms with Crippen molar-refractivity contribution in [1.82, 2.24) is 0 Å². The highest BCUT2D eigenvalue weighted by Gasteiger charge is 2.17. The molecule has 1 heterocycles. The highest BCUT2D eigenvalue weighted by molar-refractivity contribution is 7.12. The summed E-state index contributed by atoms with van der Waals surface area (Å²) in [7, 11) is 0. The van der Waals surface area contributed by atoms with Crippen LogP contribution in [0.4, 0.5) is 4.39 Å². The topological polar surface area (TPSA) is 26.0 Å². The second kappa shape index (κ2) is 5.66. The standard InChI is InChI=1S/C17H20FNS/c1-11-7-13(9-14(18)8-11)17(19)16-10-12-5-3-2-4-6-15(12)20-16/h7-10,17H,2-6,19H2,1H3. The van der Waals surface area contributed by atoms with Crippen molar-refractivity contribution < 1.29 is 4.39 Å². The summed E-state index contributed by atoms with van der Waals surface area (Å²) in [5.74, 6) is -0.200. The van der Waals surface area contributed by atoms with Gasteiger partial charge in [-0.25, -0.2) is 4.39 Å². The van der Waals surface area contributed by atoms with Crippen molar-refractivity contribution in [1.29, 1.82) is 0 Å². The van der Waals surface area contributed by atoms with Gasteiger partial charge in [-0.15, -0.1) is 11.3 Å². The monoisotopic (exact) mass is 289 g/mol. The highest BCUT2D eigenvalue weighted by Crippen LogP contribution is 2.34. The lowest BCUT2D eigenvalue weighted by Crippen LogP contribution is -2.10. The van der Waals surface area contributed by atoms with Crippen molar-refractivity contribution >= 4 is 11.3 Å². The SMILES string of the molecule is Cc1cc(F)cc(C(N)c2cc3c(s2)CCCCC3)c1. The van der Waals surface area contributed by atoms with E-state index in [2.05, 4.69) is 6.07 Å². The first-order valence-corrected chi connectivity index (χ1v) is 8.09. The molecule has 0 amide bonds. The molecule has 3 heteroatoms. The molecule has 1 atom stereocenters. The Morgan fingerprint density at radius 1 is 1.10 bits per heavy atom. The molecule has 1 unspecified atom stereocenters. The van der Waals surface area contributed by atoms with Crippen LogP contribution < -0.4 is 5.73 Å². The molecular weight excluding hydrogens is 269 g/mol. The minimum absolute atomic E-state index is 0.200. The largest absolute Gasteiger partial charge is 0.320 e. The molecule has 1 aromatic carbocycles. The zero-order chi connectivity index (χ0) is 14.1. The zero-order valence-corrected chi connectivity index (χ0v) is 12.6. The van der Waals surface area contributed by atoms with Crippen molar-refractivity contribution in [2.45, 2.75) is 45.1 Å².